The molecule has 6 heteroatoms. The quantitative estimate of drug-likeness (QED) is 0.916. The molecule has 0 saturated carbocycles. The highest BCUT2D eigenvalue weighted by Gasteiger charge is 2.42. The SMILES string of the molecule is COc1ccc2[nH]c(C(=O)N3CC[C@H]4[C@H](CC(=O)N4C)C3)cc2c1. The van der Waals surface area contributed by atoms with Crippen molar-refractivity contribution in [2.45, 2.75) is 18.9 Å². The van der Waals surface area contributed by atoms with Gasteiger partial charge in [-0.1, -0.05) is 0 Å². The molecular weight excluding hydrogens is 306 g/mol. The van der Waals surface area contributed by atoms with E-state index in [1.807, 2.05) is 41.1 Å². The van der Waals surface area contributed by atoms with E-state index in [0.29, 0.717) is 25.2 Å². The Morgan fingerprint density at radius 3 is 2.96 bits per heavy atom. The van der Waals surface area contributed by atoms with Crippen LogP contribution in [0.1, 0.15) is 23.3 Å². The summed E-state index contributed by atoms with van der Waals surface area (Å²) in [6.07, 6.45) is 1.40. The van der Waals surface area contributed by atoms with Crippen molar-refractivity contribution in [2.24, 2.45) is 5.92 Å². The predicted molar refractivity (Wildman–Crippen MR) is 90.0 cm³/mol. The Morgan fingerprint density at radius 2 is 2.17 bits per heavy atom. The number of hydrogen-bond donors (Lipinski definition) is 1. The van der Waals surface area contributed by atoms with Crippen molar-refractivity contribution in [1.82, 2.24) is 14.8 Å². The van der Waals surface area contributed by atoms with E-state index in [9.17, 15) is 9.59 Å². The molecular formula is C18H21N3O3. The fourth-order valence-electron chi connectivity index (χ4n) is 3.99. The summed E-state index contributed by atoms with van der Waals surface area (Å²) in [6, 6.07) is 7.87. The van der Waals surface area contributed by atoms with Crippen molar-refractivity contribution >= 4 is 22.7 Å². The molecule has 126 valence electrons. The number of H-pyrrole nitrogens is 1. The third-order valence-electron chi connectivity index (χ3n) is 5.37. The molecule has 1 aromatic carbocycles. The first-order valence-electron chi connectivity index (χ1n) is 8.28. The van der Waals surface area contributed by atoms with Crippen molar-refractivity contribution in [2.75, 3.05) is 27.2 Å². The zero-order valence-corrected chi connectivity index (χ0v) is 13.9. The van der Waals surface area contributed by atoms with E-state index in [1.54, 1.807) is 7.11 Å². The van der Waals surface area contributed by atoms with E-state index >= 15 is 0 Å². The number of carbonyl (C=O) groups excluding carboxylic acids is 2. The van der Waals surface area contributed by atoms with Gasteiger partial charge in [-0.3, -0.25) is 9.59 Å². The fourth-order valence-corrected chi connectivity index (χ4v) is 3.99. The van der Waals surface area contributed by atoms with Crippen molar-refractivity contribution < 1.29 is 14.3 Å². The molecule has 2 amide bonds. The summed E-state index contributed by atoms with van der Waals surface area (Å²) in [6.45, 7) is 1.34. The Bertz CT molecular complexity index is 813. The van der Waals surface area contributed by atoms with Crippen LogP contribution < -0.4 is 4.74 Å². The summed E-state index contributed by atoms with van der Waals surface area (Å²) in [5, 5.41) is 0.961. The van der Waals surface area contributed by atoms with E-state index in [0.717, 1.165) is 23.1 Å². The Labute approximate surface area is 140 Å². The summed E-state index contributed by atoms with van der Waals surface area (Å²) < 4.78 is 5.23. The minimum atomic E-state index is 0.00520. The van der Waals surface area contributed by atoms with E-state index < -0.39 is 0 Å². The number of nitrogens with one attached hydrogen (secondary N) is 1. The van der Waals surface area contributed by atoms with Gasteiger partial charge in [0.05, 0.1) is 7.11 Å². The largest absolute Gasteiger partial charge is 0.497 e. The first-order valence-corrected chi connectivity index (χ1v) is 8.28. The summed E-state index contributed by atoms with van der Waals surface area (Å²) in [7, 11) is 3.50. The summed E-state index contributed by atoms with van der Waals surface area (Å²) >= 11 is 0. The number of methoxy groups -OCH3 is 1. The number of fused-ring (bicyclic) bond motifs is 2. The molecule has 0 unspecified atom stereocenters. The number of benzene rings is 1. The van der Waals surface area contributed by atoms with Crippen LogP contribution in [0.5, 0.6) is 5.75 Å². The highest BCUT2D eigenvalue weighted by atomic mass is 16.5. The van der Waals surface area contributed by atoms with Crippen molar-refractivity contribution in [3.05, 3.63) is 30.0 Å². The molecule has 1 N–H and O–H groups in total. The predicted octanol–water partition coefficient (Wildman–Crippen LogP) is 1.87. The maximum absolute atomic E-state index is 12.8. The minimum absolute atomic E-state index is 0.00520. The van der Waals surface area contributed by atoms with Gasteiger partial charge in [-0.15, -0.1) is 0 Å². The Hall–Kier alpha value is -2.50. The van der Waals surface area contributed by atoms with Gasteiger partial charge in [-0.2, -0.15) is 0 Å². The fraction of sp³-hybridized carbons (Fsp3) is 0.444. The van der Waals surface area contributed by atoms with Crippen LogP contribution in [0.25, 0.3) is 10.9 Å². The first-order chi connectivity index (χ1) is 11.6. The molecule has 2 saturated heterocycles. The first kappa shape index (κ1) is 15.1. The van der Waals surface area contributed by atoms with Crippen LogP contribution >= 0.6 is 0 Å². The van der Waals surface area contributed by atoms with Gasteiger partial charge in [0.2, 0.25) is 5.91 Å². The van der Waals surface area contributed by atoms with Crippen molar-refractivity contribution in [1.29, 1.82) is 0 Å². The zero-order chi connectivity index (χ0) is 16.8. The number of likely N-dealkylation sites (tertiary alicyclic amines) is 2. The van der Waals surface area contributed by atoms with Gasteiger partial charge in [0.15, 0.2) is 0 Å². The summed E-state index contributed by atoms with van der Waals surface area (Å²) in [5.74, 6) is 1.22. The standard InChI is InChI=1S/C18H21N3O3/c1-20-16-5-6-21(10-12(16)9-17(20)22)18(23)15-8-11-7-13(24-2)3-4-14(11)19-15/h3-4,7-8,12,16,19H,5-6,9-10H2,1-2H3/t12-,16+/m1/s1. The number of rotatable bonds is 2. The molecule has 24 heavy (non-hydrogen) atoms. The van der Waals surface area contributed by atoms with E-state index in [1.165, 1.54) is 0 Å². The molecule has 0 aliphatic carbocycles. The molecule has 4 rings (SSSR count). The molecule has 2 atom stereocenters. The maximum Gasteiger partial charge on any atom is 0.270 e. The third-order valence-corrected chi connectivity index (χ3v) is 5.37. The van der Waals surface area contributed by atoms with Crippen LogP contribution in [0, 0.1) is 5.92 Å². The third kappa shape index (κ3) is 2.33. The normalized spacial score (nSPS) is 23.7. The van der Waals surface area contributed by atoms with Crippen molar-refractivity contribution in [3.63, 3.8) is 0 Å². The van der Waals surface area contributed by atoms with Crippen LogP contribution in [-0.4, -0.2) is 59.9 Å². The Kier molecular flexibility index (Phi) is 3.48. The number of amides is 2. The lowest BCUT2D eigenvalue weighted by Gasteiger charge is -2.36. The summed E-state index contributed by atoms with van der Waals surface area (Å²) in [4.78, 5) is 31.6. The second kappa shape index (κ2) is 5.54. The lowest BCUT2D eigenvalue weighted by atomic mass is 9.92. The van der Waals surface area contributed by atoms with Crippen LogP contribution in [0.3, 0.4) is 0 Å². The van der Waals surface area contributed by atoms with E-state index in [4.69, 9.17) is 4.74 Å². The highest BCUT2D eigenvalue weighted by Crippen LogP contribution is 2.32. The minimum Gasteiger partial charge on any atom is -0.497 e. The Morgan fingerprint density at radius 1 is 1.33 bits per heavy atom. The van der Waals surface area contributed by atoms with Crippen LogP contribution in [0.4, 0.5) is 0 Å². The molecule has 3 heterocycles. The molecule has 2 fully saturated rings. The van der Waals surface area contributed by atoms with Crippen molar-refractivity contribution in [3.8, 4) is 5.75 Å². The van der Waals surface area contributed by atoms with E-state index in [-0.39, 0.29) is 23.8 Å². The molecule has 0 radical (unpaired) electrons. The van der Waals surface area contributed by atoms with Gasteiger partial charge in [-0.25, -0.2) is 0 Å². The Balaban J connectivity index is 1.55. The second-order valence-corrected chi connectivity index (χ2v) is 6.71. The summed E-state index contributed by atoms with van der Waals surface area (Å²) in [5.41, 5.74) is 1.51. The highest BCUT2D eigenvalue weighted by molar-refractivity contribution is 5.98. The number of aromatic amines is 1. The molecule has 1 aromatic heterocycles. The number of carbonyl (C=O) groups is 2. The number of aromatic nitrogens is 1. The van der Waals surface area contributed by atoms with Gasteiger partial charge < -0.3 is 19.5 Å². The van der Waals surface area contributed by atoms with Crippen LogP contribution in [0.2, 0.25) is 0 Å². The average molecular weight is 327 g/mol. The molecule has 0 spiro atoms. The molecule has 6 nitrogen and oxygen atoms in total. The van der Waals surface area contributed by atoms with Gasteiger partial charge in [0.25, 0.3) is 5.91 Å². The number of hydrogen-bond acceptors (Lipinski definition) is 3. The molecule has 2 aliphatic heterocycles. The maximum atomic E-state index is 12.8. The van der Waals surface area contributed by atoms with Gasteiger partial charge in [0.1, 0.15) is 11.4 Å². The lowest BCUT2D eigenvalue weighted by molar-refractivity contribution is -0.127. The van der Waals surface area contributed by atoms with Crippen LogP contribution in [-0.2, 0) is 4.79 Å². The molecule has 0 bridgehead atoms. The topological polar surface area (TPSA) is 65.6 Å². The van der Waals surface area contributed by atoms with Gasteiger partial charge in [-0.05, 0) is 30.7 Å². The monoisotopic (exact) mass is 327 g/mol. The average Bonchev–Trinajstić information content (AvgIpc) is 3.14. The zero-order valence-electron chi connectivity index (χ0n) is 13.9. The molecule has 2 aromatic rings. The van der Waals surface area contributed by atoms with Gasteiger partial charge in [0, 0.05) is 49.4 Å². The van der Waals surface area contributed by atoms with Gasteiger partial charge >= 0.3 is 0 Å². The van der Waals surface area contributed by atoms with E-state index in [2.05, 4.69) is 4.98 Å². The van der Waals surface area contributed by atoms with Crippen LogP contribution in [0.15, 0.2) is 24.3 Å². The number of ether oxygens (including phenoxy) is 1. The number of nitrogens with zero attached hydrogens (tertiary/aromatic N) is 2. The second-order valence-electron chi connectivity index (χ2n) is 6.71. The molecule has 2 aliphatic rings. The lowest BCUT2D eigenvalue weighted by Crippen LogP contribution is -2.47. The number of piperidine rings is 1. The smallest absolute Gasteiger partial charge is 0.270 e.